The Morgan fingerprint density at radius 2 is 1.70 bits per heavy atom. The van der Waals surface area contributed by atoms with Crippen LogP contribution in [0.1, 0.15) is 37.3 Å². The lowest BCUT2D eigenvalue weighted by Crippen LogP contribution is -2.36. The van der Waals surface area contributed by atoms with Gasteiger partial charge in [-0.2, -0.15) is 0 Å². The number of carbonyl (C=O) groups excluding carboxylic acids is 3. The maximum absolute atomic E-state index is 12.4. The van der Waals surface area contributed by atoms with E-state index < -0.39 is 0 Å². The Morgan fingerprint density at radius 1 is 1.00 bits per heavy atom. The van der Waals surface area contributed by atoms with Gasteiger partial charge in [0.05, 0.1) is 0 Å². The summed E-state index contributed by atoms with van der Waals surface area (Å²) in [5.41, 5.74) is 4.96. The Bertz CT molecular complexity index is 1010. The number of nitrogens with zero attached hydrogens (tertiary/aromatic N) is 1. The molecule has 156 valence electrons. The van der Waals surface area contributed by atoms with Gasteiger partial charge in [-0.3, -0.25) is 9.59 Å². The number of urea groups is 1. The molecule has 4 rings (SSSR count). The second-order valence-corrected chi connectivity index (χ2v) is 8.08. The highest BCUT2D eigenvalue weighted by atomic mass is 16.2. The molecule has 0 unspecified atom stereocenters. The van der Waals surface area contributed by atoms with Crippen molar-refractivity contribution in [3.05, 3.63) is 47.5 Å². The second-order valence-electron chi connectivity index (χ2n) is 8.08. The minimum Gasteiger partial charge on any atom is -0.326 e. The van der Waals surface area contributed by atoms with Crippen LogP contribution in [0, 0.1) is 12.8 Å². The van der Waals surface area contributed by atoms with Gasteiger partial charge in [0.25, 0.3) is 0 Å². The molecule has 2 aromatic rings. The van der Waals surface area contributed by atoms with Gasteiger partial charge in [-0.25, -0.2) is 4.79 Å². The number of fused-ring (bicyclic) bond motifs is 1. The van der Waals surface area contributed by atoms with Crippen LogP contribution in [0.15, 0.2) is 36.4 Å². The van der Waals surface area contributed by atoms with E-state index in [0.717, 1.165) is 23.4 Å². The van der Waals surface area contributed by atoms with E-state index in [1.165, 1.54) is 19.8 Å². The predicted octanol–water partition coefficient (Wildman–Crippen LogP) is 4.29. The molecule has 0 aromatic heterocycles. The van der Waals surface area contributed by atoms with Crippen LogP contribution in [-0.2, 0) is 16.0 Å². The molecule has 7 nitrogen and oxygen atoms in total. The van der Waals surface area contributed by atoms with E-state index in [1.54, 1.807) is 18.2 Å². The second kappa shape index (κ2) is 8.18. The lowest BCUT2D eigenvalue weighted by Gasteiger charge is -2.30. The summed E-state index contributed by atoms with van der Waals surface area (Å²) >= 11 is 0. The predicted molar refractivity (Wildman–Crippen MR) is 118 cm³/mol. The number of benzene rings is 2. The van der Waals surface area contributed by atoms with Gasteiger partial charge in [0.1, 0.15) is 0 Å². The fraction of sp³-hybridized carbons (Fsp3) is 0.348. The van der Waals surface area contributed by atoms with Crippen LogP contribution in [0.4, 0.5) is 27.5 Å². The Hall–Kier alpha value is -3.35. The van der Waals surface area contributed by atoms with Gasteiger partial charge in [-0.15, -0.1) is 0 Å². The molecule has 0 radical (unpaired) electrons. The Labute approximate surface area is 175 Å². The van der Waals surface area contributed by atoms with E-state index in [0.29, 0.717) is 35.8 Å². The van der Waals surface area contributed by atoms with Gasteiger partial charge in [0.15, 0.2) is 0 Å². The first-order chi connectivity index (χ1) is 14.4. The molecule has 7 heteroatoms. The third-order valence-electron chi connectivity index (χ3n) is 5.47. The van der Waals surface area contributed by atoms with Gasteiger partial charge < -0.3 is 20.9 Å². The normalized spacial score (nSPS) is 15.4. The molecule has 4 amide bonds. The fourth-order valence-electron chi connectivity index (χ4n) is 3.76. The number of nitrogens with one attached hydrogen (secondary N) is 3. The van der Waals surface area contributed by atoms with Crippen LogP contribution in [0.5, 0.6) is 0 Å². The minimum atomic E-state index is -0.344. The molecule has 0 atom stereocenters. The van der Waals surface area contributed by atoms with Crippen molar-refractivity contribution in [2.45, 2.75) is 39.5 Å². The molecular weight excluding hydrogens is 380 g/mol. The Kier molecular flexibility index (Phi) is 5.44. The molecule has 1 fully saturated rings. The van der Waals surface area contributed by atoms with Gasteiger partial charge in [-0.1, -0.05) is 0 Å². The SMILES string of the molecule is CC(=O)Nc1ccc(NC(=O)Nc2ccc3c(c2)CCC(=O)N3CC2CC2)cc1C. The number of anilines is 4. The van der Waals surface area contributed by atoms with Gasteiger partial charge in [0, 0.05) is 42.6 Å². The molecule has 0 bridgehead atoms. The van der Waals surface area contributed by atoms with E-state index in [2.05, 4.69) is 16.0 Å². The maximum atomic E-state index is 12.4. The number of amides is 4. The number of hydrogen-bond acceptors (Lipinski definition) is 3. The first kappa shape index (κ1) is 19.9. The van der Waals surface area contributed by atoms with Crippen LogP contribution >= 0.6 is 0 Å². The molecule has 2 aliphatic rings. The zero-order valence-corrected chi connectivity index (χ0v) is 17.2. The van der Waals surface area contributed by atoms with E-state index in [4.69, 9.17) is 0 Å². The Morgan fingerprint density at radius 3 is 2.37 bits per heavy atom. The highest BCUT2D eigenvalue weighted by molar-refractivity contribution is 6.01. The summed E-state index contributed by atoms with van der Waals surface area (Å²) in [6.07, 6.45) is 3.60. The zero-order valence-electron chi connectivity index (χ0n) is 17.2. The van der Waals surface area contributed by atoms with Crippen LogP contribution in [-0.4, -0.2) is 24.4 Å². The molecule has 1 aliphatic heterocycles. The van der Waals surface area contributed by atoms with Crippen molar-refractivity contribution in [2.24, 2.45) is 5.92 Å². The smallest absolute Gasteiger partial charge is 0.323 e. The standard InChI is InChI=1S/C23H26N4O3/c1-14-11-18(6-8-20(14)24-15(2)28)25-23(30)26-19-7-9-21-17(12-19)5-10-22(29)27(21)13-16-3-4-16/h6-9,11-12,16H,3-5,10,13H2,1-2H3,(H,24,28)(H2,25,26,30). The van der Waals surface area contributed by atoms with Crippen molar-refractivity contribution in [1.29, 1.82) is 0 Å². The lowest BCUT2D eigenvalue weighted by molar-refractivity contribution is -0.119. The highest BCUT2D eigenvalue weighted by Gasteiger charge is 2.31. The summed E-state index contributed by atoms with van der Waals surface area (Å²) in [6, 6.07) is 10.7. The van der Waals surface area contributed by atoms with Gasteiger partial charge in [0.2, 0.25) is 11.8 Å². The van der Waals surface area contributed by atoms with Crippen molar-refractivity contribution in [1.82, 2.24) is 0 Å². The summed E-state index contributed by atoms with van der Waals surface area (Å²) in [6.45, 7) is 4.12. The molecule has 30 heavy (non-hydrogen) atoms. The number of aryl methyl sites for hydroxylation is 2. The number of hydrogen-bond donors (Lipinski definition) is 3. The molecule has 0 saturated heterocycles. The molecular formula is C23H26N4O3. The van der Waals surface area contributed by atoms with Crippen molar-refractivity contribution in [2.75, 3.05) is 27.4 Å². The number of carbonyl (C=O) groups is 3. The van der Waals surface area contributed by atoms with Crippen molar-refractivity contribution < 1.29 is 14.4 Å². The summed E-state index contributed by atoms with van der Waals surface area (Å²) in [4.78, 5) is 37.9. The molecule has 3 N–H and O–H groups in total. The molecule has 1 aliphatic carbocycles. The molecule has 2 aromatic carbocycles. The highest BCUT2D eigenvalue weighted by Crippen LogP contribution is 2.36. The van der Waals surface area contributed by atoms with E-state index in [-0.39, 0.29) is 17.8 Å². The molecule has 1 heterocycles. The van der Waals surface area contributed by atoms with Crippen molar-refractivity contribution in [3.8, 4) is 0 Å². The minimum absolute atomic E-state index is 0.138. The van der Waals surface area contributed by atoms with Crippen molar-refractivity contribution >= 4 is 40.6 Å². The van der Waals surface area contributed by atoms with E-state index in [1.807, 2.05) is 30.0 Å². The summed E-state index contributed by atoms with van der Waals surface area (Å²) in [5, 5.41) is 8.43. The van der Waals surface area contributed by atoms with Gasteiger partial charge in [-0.05, 0) is 79.6 Å². The third-order valence-corrected chi connectivity index (χ3v) is 5.47. The van der Waals surface area contributed by atoms with Crippen LogP contribution in [0.25, 0.3) is 0 Å². The quantitative estimate of drug-likeness (QED) is 0.692. The van der Waals surface area contributed by atoms with E-state index >= 15 is 0 Å². The van der Waals surface area contributed by atoms with Crippen molar-refractivity contribution in [3.63, 3.8) is 0 Å². The third kappa shape index (κ3) is 4.62. The zero-order chi connectivity index (χ0) is 21.3. The van der Waals surface area contributed by atoms with Crippen LogP contribution in [0.3, 0.4) is 0 Å². The number of rotatable bonds is 5. The first-order valence-corrected chi connectivity index (χ1v) is 10.3. The summed E-state index contributed by atoms with van der Waals surface area (Å²) < 4.78 is 0. The van der Waals surface area contributed by atoms with E-state index in [9.17, 15) is 14.4 Å². The molecule has 0 spiro atoms. The molecule has 1 saturated carbocycles. The fourth-order valence-corrected chi connectivity index (χ4v) is 3.76. The monoisotopic (exact) mass is 406 g/mol. The van der Waals surface area contributed by atoms with Gasteiger partial charge >= 0.3 is 6.03 Å². The van der Waals surface area contributed by atoms with Crippen LogP contribution in [0.2, 0.25) is 0 Å². The topological polar surface area (TPSA) is 90.5 Å². The Balaban J connectivity index is 1.42. The van der Waals surface area contributed by atoms with Crippen LogP contribution < -0.4 is 20.9 Å². The summed E-state index contributed by atoms with van der Waals surface area (Å²) in [7, 11) is 0. The maximum Gasteiger partial charge on any atom is 0.323 e. The average molecular weight is 406 g/mol. The average Bonchev–Trinajstić information content (AvgIpc) is 3.50. The lowest BCUT2D eigenvalue weighted by atomic mass is 10.00. The summed E-state index contributed by atoms with van der Waals surface area (Å²) in [5.74, 6) is 0.677. The first-order valence-electron chi connectivity index (χ1n) is 10.3. The largest absolute Gasteiger partial charge is 0.326 e.